The van der Waals surface area contributed by atoms with Crippen molar-refractivity contribution in [1.82, 2.24) is 25.7 Å². The number of thiophene rings is 1. The molecule has 1 amide bonds. The van der Waals surface area contributed by atoms with Crippen molar-refractivity contribution in [2.45, 2.75) is 18.9 Å². The van der Waals surface area contributed by atoms with Gasteiger partial charge in [0.25, 0.3) is 5.91 Å². The van der Waals surface area contributed by atoms with Crippen LogP contribution in [0.1, 0.15) is 23.3 Å². The van der Waals surface area contributed by atoms with E-state index in [1.165, 1.54) is 4.88 Å². The lowest BCUT2D eigenvalue weighted by Crippen LogP contribution is -2.44. The molecule has 5 rings (SSSR count). The molecule has 0 unspecified atom stereocenters. The Bertz CT molecular complexity index is 1110. The fourth-order valence-electron chi connectivity index (χ4n) is 3.57. The minimum absolute atomic E-state index is 0.100. The van der Waals surface area contributed by atoms with Crippen LogP contribution in [0.3, 0.4) is 0 Å². The SMILES string of the molecule is O=C(NC1CCN(c2cc(-c3cccs3)[nH]n2)CC1)c1cc(-c2cccnc2)on1. The molecule has 0 radical (unpaired) electrons. The van der Waals surface area contributed by atoms with Crippen molar-refractivity contribution in [1.29, 1.82) is 0 Å². The maximum Gasteiger partial charge on any atom is 0.273 e. The Morgan fingerprint density at radius 2 is 2.13 bits per heavy atom. The van der Waals surface area contributed by atoms with E-state index in [2.05, 4.69) is 48.1 Å². The van der Waals surface area contributed by atoms with E-state index in [-0.39, 0.29) is 17.6 Å². The summed E-state index contributed by atoms with van der Waals surface area (Å²) in [7, 11) is 0. The number of anilines is 1. The van der Waals surface area contributed by atoms with E-state index in [1.54, 1.807) is 29.8 Å². The molecule has 1 saturated heterocycles. The highest BCUT2D eigenvalue weighted by Crippen LogP contribution is 2.27. The Morgan fingerprint density at radius 1 is 1.23 bits per heavy atom. The number of hydrogen-bond acceptors (Lipinski definition) is 7. The summed E-state index contributed by atoms with van der Waals surface area (Å²) in [5.74, 6) is 1.26. The lowest BCUT2D eigenvalue weighted by atomic mass is 10.0. The number of nitrogens with one attached hydrogen (secondary N) is 2. The first kappa shape index (κ1) is 18.6. The number of H-pyrrole nitrogens is 1. The second-order valence-corrected chi connectivity index (χ2v) is 8.12. The number of nitrogens with zero attached hydrogens (tertiary/aromatic N) is 4. The van der Waals surface area contributed by atoms with Gasteiger partial charge in [-0.3, -0.25) is 14.9 Å². The smallest absolute Gasteiger partial charge is 0.273 e. The third-order valence-corrected chi connectivity index (χ3v) is 6.10. The molecule has 0 bridgehead atoms. The summed E-state index contributed by atoms with van der Waals surface area (Å²) in [6, 6.07) is 11.6. The molecule has 1 fully saturated rings. The van der Waals surface area contributed by atoms with Gasteiger partial charge in [-0.2, -0.15) is 5.10 Å². The largest absolute Gasteiger partial charge is 0.355 e. The standard InChI is InChI=1S/C21H20N6O2S/c28-21(17-11-18(29-26-17)14-3-1-7-22-13-14)23-15-5-8-27(9-6-15)20-12-16(24-25-20)19-4-2-10-30-19/h1-4,7,10-13,15H,5-6,8-9H2,(H,23,28)(H,24,25). The fraction of sp³-hybridized carbons (Fsp3) is 0.238. The molecule has 4 aromatic rings. The first-order valence-electron chi connectivity index (χ1n) is 9.78. The summed E-state index contributed by atoms with van der Waals surface area (Å²) in [6.07, 6.45) is 5.06. The number of pyridine rings is 1. The van der Waals surface area contributed by atoms with Gasteiger partial charge in [0.2, 0.25) is 0 Å². The molecule has 30 heavy (non-hydrogen) atoms. The van der Waals surface area contributed by atoms with E-state index in [0.29, 0.717) is 5.76 Å². The summed E-state index contributed by atoms with van der Waals surface area (Å²) >= 11 is 1.69. The normalized spacial score (nSPS) is 14.7. The van der Waals surface area contributed by atoms with Gasteiger partial charge >= 0.3 is 0 Å². The maximum atomic E-state index is 12.6. The van der Waals surface area contributed by atoms with Gasteiger partial charge in [0.1, 0.15) is 0 Å². The number of piperidine rings is 1. The molecule has 8 nitrogen and oxygen atoms in total. The zero-order chi connectivity index (χ0) is 20.3. The number of amides is 1. The van der Waals surface area contributed by atoms with Crippen LogP contribution in [0, 0.1) is 0 Å². The van der Waals surface area contributed by atoms with Crippen LogP contribution >= 0.6 is 11.3 Å². The molecule has 1 aliphatic rings. The molecule has 1 aliphatic heterocycles. The van der Waals surface area contributed by atoms with E-state index in [9.17, 15) is 4.79 Å². The average molecular weight is 420 g/mol. The van der Waals surface area contributed by atoms with Gasteiger partial charge in [-0.05, 0) is 36.4 Å². The number of rotatable bonds is 5. The number of aromatic nitrogens is 4. The van der Waals surface area contributed by atoms with E-state index >= 15 is 0 Å². The first-order valence-corrected chi connectivity index (χ1v) is 10.7. The summed E-state index contributed by atoms with van der Waals surface area (Å²) in [4.78, 5) is 20.0. The molecule has 0 saturated carbocycles. The predicted octanol–water partition coefficient (Wildman–Crippen LogP) is 3.59. The van der Waals surface area contributed by atoms with Crippen molar-refractivity contribution in [3.05, 3.63) is 59.9 Å². The van der Waals surface area contributed by atoms with Crippen molar-refractivity contribution in [2.75, 3.05) is 18.0 Å². The molecular weight excluding hydrogens is 400 g/mol. The van der Waals surface area contributed by atoms with Crippen LogP contribution in [0.5, 0.6) is 0 Å². The van der Waals surface area contributed by atoms with E-state index in [1.807, 2.05) is 18.2 Å². The summed E-state index contributed by atoms with van der Waals surface area (Å²) in [5, 5.41) is 16.6. The highest BCUT2D eigenvalue weighted by molar-refractivity contribution is 7.13. The van der Waals surface area contributed by atoms with Crippen molar-refractivity contribution in [3.8, 4) is 21.9 Å². The molecule has 5 heterocycles. The van der Waals surface area contributed by atoms with Crippen molar-refractivity contribution in [3.63, 3.8) is 0 Å². The fourth-order valence-corrected chi connectivity index (χ4v) is 4.26. The third kappa shape index (κ3) is 3.84. The molecule has 0 spiro atoms. The zero-order valence-electron chi connectivity index (χ0n) is 16.1. The van der Waals surface area contributed by atoms with Crippen LogP contribution in [-0.4, -0.2) is 45.4 Å². The molecular formula is C21H20N6O2S. The summed E-state index contributed by atoms with van der Waals surface area (Å²) in [5.41, 5.74) is 2.10. The van der Waals surface area contributed by atoms with E-state index in [0.717, 1.165) is 43.0 Å². The molecule has 0 atom stereocenters. The zero-order valence-corrected chi connectivity index (χ0v) is 16.9. The van der Waals surface area contributed by atoms with E-state index in [4.69, 9.17) is 4.52 Å². The molecule has 0 aliphatic carbocycles. The second kappa shape index (κ2) is 8.11. The Morgan fingerprint density at radius 3 is 2.90 bits per heavy atom. The van der Waals surface area contributed by atoms with E-state index < -0.39 is 0 Å². The highest BCUT2D eigenvalue weighted by Gasteiger charge is 2.24. The topological polar surface area (TPSA) is 99.9 Å². The lowest BCUT2D eigenvalue weighted by molar-refractivity contribution is 0.0922. The Labute approximate surface area is 176 Å². The van der Waals surface area contributed by atoms with Crippen LogP contribution in [0.15, 0.2) is 58.7 Å². The van der Waals surface area contributed by atoms with Crippen LogP contribution in [0.2, 0.25) is 0 Å². The molecule has 0 aromatic carbocycles. The first-order chi connectivity index (χ1) is 14.8. The lowest BCUT2D eigenvalue weighted by Gasteiger charge is -2.32. The highest BCUT2D eigenvalue weighted by atomic mass is 32.1. The Kier molecular flexibility index (Phi) is 5.02. The van der Waals surface area contributed by atoms with Crippen LogP contribution in [-0.2, 0) is 0 Å². The molecule has 9 heteroatoms. The number of aromatic amines is 1. The van der Waals surface area contributed by atoms with Gasteiger partial charge in [0, 0.05) is 49.2 Å². The minimum Gasteiger partial charge on any atom is -0.355 e. The van der Waals surface area contributed by atoms with Crippen LogP contribution in [0.4, 0.5) is 5.82 Å². The van der Waals surface area contributed by atoms with Gasteiger partial charge in [-0.15, -0.1) is 11.3 Å². The molecule has 2 N–H and O–H groups in total. The second-order valence-electron chi connectivity index (χ2n) is 7.17. The van der Waals surface area contributed by atoms with Gasteiger partial charge in [-0.25, -0.2) is 0 Å². The number of hydrogen-bond donors (Lipinski definition) is 2. The number of carbonyl (C=O) groups is 1. The average Bonchev–Trinajstić information content (AvgIpc) is 3.56. The summed E-state index contributed by atoms with van der Waals surface area (Å²) < 4.78 is 5.30. The van der Waals surface area contributed by atoms with Crippen LogP contribution < -0.4 is 10.2 Å². The maximum absolute atomic E-state index is 12.6. The monoisotopic (exact) mass is 420 g/mol. The van der Waals surface area contributed by atoms with Crippen molar-refractivity contribution < 1.29 is 9.32 Å². The molecule has 4 aromatic heterocycles. The third-order valence-electron chi connectivity index (χ3n) is 5.19. The van der Waals surface area contributed by atoms with Gasteiger partial charge < -0.3 is 14.7 Å². The van der Waals surface area contributed by atoms with Crippen molar-refractivity contribution >= 4 is 23.1 Å². The van der Waals surface area contributed by atoms with Gasteiger partial charge in [-0.1, -0.05) is 11.2 Å². The van der Waals surface area contributed by atoms with Crippen LogP contribution in [0.25, 0.3) is 21.9 Å². The summed E-state index contributed by atoms with van der Waals surface area (Å²) in [6.45, 7) is 1.67. The number of carbonyl (C=O) groups excluding carboxylic acids is 1. The van der Waals surface area contributed by atoms with Gasteiger partial charge in [0.15, 0.2) is 17.3 Å². The quantitative estimate of drug-likeness (QED) is 0.512. The Balaban J connectivity index is 1.17. The Hall–Kier alpha value is -3.46. The molecule has 152 valence electrons. The predicted molar refractivity (Wildman–Crippen MR) is 114 cm³/mol. The minimum atomic E-state index is -0.216. The van der Waals surface area contributed by atoms with Crippen molar-refractivity contribution in [2.24, 2.45) is 0 Å². The van der Waals surface area contributed by atoms with Gasteiger partial charge in [0.05, 0.1) is 10.6 Å².